The number of hydrogen-bond donors (Lipinski definition) is 0. The summed E-state index contributed by atoms with van der Waals surface area (Å²) in [5.74, 6) is 2.55. The Morgan fingerprint density at radius 3 is 1.88 bits per heavy atom. The second-order valence-corrected chi connectivity index (χ2v) is 17.9. The van der Waals surface area contributed by atoms with E-state index in [9.17, 15) is 0 Å². The molecule has 0 radical (unpaired) electrons. The lowest BCUT2D eigenvalue weighted by atomic mass is 9.71. The lowest BCUT2D eigenvalue weighted by Gasteiger charge is -2.32. The van der Waals surface area contributed by atoms with Gasteiger partial charge in [-0.2, -0.15) is 0 Å². The third kappa shape index (κ3) is 5.45. The highest BCUT2D eigenvalue weighted by molar-refractivity contribution is 5.96. The van der Waals surface area contributed by atoms with Gasteiger partial charge in [-0.3, -0.25) is 0 Å². The summed E-state index contributed by atoms with van der Waals surface area (Å²) in [4.78, 5) is 2.53. The first kappa shape index (κ1) is 32.1. The molecule has 250 valence electrons. The van der Waals surface area contributed by atoms with Crippen molar-refractivity contribution in [2.75, 3.05) is 4.90 Å². The number of hydrogen-bond acceptors (Lipinski definition) is 1. The van der Waals surface area contributed by atoms with Crippen molar-refractivity contribution in [2.24, 2.45) is 11.8 Å². The van der Waals surface area contributed by atoms with Gasteiger partial charge in [0.05, 0.1) is 5.69 Å². The van der Waals surface area contributed by atoms with Gasteiger partial charge in [-0.25, -0.2) is 0 Å². The average molecular weight is 644 g/mol. The van der Waals surface area contributed by atoms with Gasteiger partial charge in [0.25, 0.3) is 0 Å². The van der Waals surface area contributed by atoms with E-state index in [0.29, 0.717) is 0 Å². The minimum absolute atomic E-state index is 0.0211. The van der Waals surface area contributed by atoms with E-state index in [4.69, 9.17) is 0 Å². The molecule has 2 saturated carbocycles. The molecule has 0 heterocycles. The van der Waals surface area contributed by atoms with Crippen LogP contribution in [0, 0.1) is 11.8 Å². The van der Waals surface area contributed by atoms with Gasteiger partial charge < -0.3 is 4.90 Å². The minimum atomic E-state index is -0.117. The molecule has 2 fully saturated rings. The lowest BCUT2D eigenvalue weighted by molar-refractivity contribution is 0.420. The zero-order valence-corrected chi connectivity index (χ0v) is 30.9. The Labute approximate surface area is 295 Å². The monoisotopic (exact) mass is 643 g/mol. The van der Waals surface area contributed by atoms with E-state index < -0.39 is 0 Å². The second kappa shape index (κ2) is 11.5. The maximum atomic E-state index is 2.53. The standard InChI is InChI=1S/C48H53N/c1-46(2,3)36-29-40-44-41(48(7,8)45(40)42(30-36)47(4,5)6)15-12-16-43(44)49(37-23-19-33(20-24-37)32-13-10-9-11-14-32)38-25-21-34(22-26-38)39-28-31-17-18-35(39)27-31/h9-16,19-26,29-31,35,39H,17-18,27-28H2,1-8H3. The first-order chi connectivity index (χ1) is 23.3. The van der Waals surface area contributed by atoms with Gasteiger partial charge in [-0.1, -0.05) is 141 Å². The Morgan fingerprint density at radius 2 is 1.29 bits per heavy atom. The molecule has 1 heteroatoms. The molecule has 3 unspecified atom stereocenters. The zero-order chi connectivity index (χ0) is 34.3. The van der Waals surface area contributed by atoms with Gasteiger partial charge in [-0.05, 0) is 123 Å². The topological polar surface area (TPSA) is 3.24 Å². The highest BCUT2D eigenvalue weighted by atomic mass is 15.1. The SMILES string of the molecule is CC(C)(C)c1cc2c(c(C(C)(C)C)c1)C(C)(C)c1cccc(N(c3ccc(-c4ccccc4)cc3)c3ccc(C4CC5CCC4C5)cc3)c1-2. The van der Waals surface area contributed by atoms with Gasteiger partial charge in [-0.15, -0.1) is 0 Å². The maximum absolute atomic E-state index is 2.53. The summed E-state index contributed by atoms with van der Waals surface area (Å²) in [5, 5.41) is 0. The molecule has 1 nitrogen and oxygen atoms in total. The zero-order valence-electron chi connectivity index (χ0n) is 30.9. The highest BCUT2D eigenvalue weighted by Crippen LogP contribution is 2.58. The second-order valence-electron chi connectivity index (χ2n) is 17.9. The summed E-state index contributed by atoms with van der Waals surface area (Å²) >= 11 is 0. The van der Waals surface area contributed by atoms with Crippen molar-refractivity contribution in [2.45, 2.75) is 103 Å². The molecular weight excluding hydrogens is 591 g/mol. The van der Waals surface area contributed by atoms with Gasteiger partial charge in [0.15, 0.2) is 0 Å². The van der Waals surface area contributed by atoms with Gasteiger partial charge in [0.1, 0.15) is 0 Å². The highest BCUT2D eigenvalue weighted by Gasteiger charge is 2.43. The molecule has 8 rings (SSSR count). The number of benzene rings is 5. The molecule has 5 aromatic carbocycles. The van der Waals surface area contributed by atoms with Gasteiger partial charge in [0.2, 0.25) is 0 Å². The maximum Gasteiger partial charge on any atom is 0.0543 e. The predicted octanol–water partition coefficient (Wildman–Crippen LogP) is 13.6. The Kier molecular flexibility index (Phi) is 7.52. The van der Waals surface area contributed by atoms with Crippen LogP contribution in [-0.2, 0) is 16.2 Å². The number of fused-ring (bicyclic) bond motifs is 5. The quantitative estimate of drug-likeness (QED) is 0.184. The Hall–Kier alpha value is -4.10. The number of nitrogens with zero attached hydrogens (tertiary/aromatic N) is 1. The Morgan fingerprint density at radius 1 is 0.633 bits per heavy atom. The molecule has 49 heavy (non-hydrogen) atoms. The van der Waals surface area contributed by atoms with E-state index >= 15 is 0 Å². The van der Waals surface area contributed by atoms with E-state index in [1.54, 1.807) is 0 Å². The summed E-state index contributed by atoms with van der Waals surface area (Å²) in [5.41, 5.74) is 16.2. The fraction of sp³-hybridized carbons (Fsp3) is 0.375. The van der Waals surface area contributed by atoms with Crippen LogP contribution in [-0.4, -0.2) is 0 Å². The van der Waals surface area contributed by atoms with Crippen molar-refractivity contribution < 1.29 is 0 Å². The van der Waals surface area contributed by atoms with Crippen LogP contribution < -0.4 is 4.90 Å². The molecule has 3 aliphatic rings. The smallest absolute Gasteiger partial charge is 0.0543 e. The van der Waals surface area contributed by atoms with Gasteiger partial charge >= 0.3 is 0 Å². The van der Waals surface area contributed by atoms with Crippen LogP contribution in [0.15, 0.2) is 109 Å². The van der Waals surface area contributed by atoms with Crippen molar-refractivity contribution in [3.8, 4) is 22.3 Å². The summed E-state index contributed by atoms with van der Waals surface area (Å²) in [6.07, 6.45) is 5.66. The molecule has 0 N–H and O–H groups in total. The van der Waals surface area contributed by atoms with Gasteiger partial charge in [0, 0.05) is 22.4 Å². The number of rotatable bonds is 5. The van der Waals surface area contributed by atoms with Crippen molar-refractivity contribution in [1.29, 1.82) is 0 Å². The Balaban J connectivity index is 1.32. The van der Waals surface area contributed by atoms with E-state index in [1.165, 1.54) is 92.8 Å². The molecule has 0 saturated heterocycles. The van der Waals surface area contributed by atoms with Crippen molar-refractivity contribution in [3.63, 3.8) is 0 Å². The van der Waals surface area contributed by atoms with Crippen LogP contribution in [0.2, 0.25) is 0 Å². The van der Waals surface area contributed by atoms with Crippen LogP contribution in [0.1, 0.15) is 115 Å². The average Bonchev–Trinajstić information content (AvgIpc) is 3.78. The van der Waals surface area contributed by atoms with Crippen molar-refractivity contribution in [3.05, 3.63) is 137 Å². The summed E-state index contributed by atoms with van der Waals surface area (Å²) in [6, 6.07) is 41.7. The van der Waals surface area contributed by atoms with E-state index in [0.717, 1.165) is 17.8 Å². The van der Waals surface area contributed by atoms with Crippen LogP contribution in [0.5, 0.6) is 0 Å². The van der Waals surface area contributed by atoms with Crippen LogP contribution in [0.4, 0.5) is 17.1 Å². The third-order valence-corrected chi connectivity index (χ3v) is 12.2. The largest absolute Gasteiger partial charge is 0.310 e. The first-order valence-electron chi connectivity index (χ1n) is 18.7. The van der Waals surface area contributed by atoms with Crippen molar-refractivity contribution in [1.82, 2.24) is 0 Å². The Bertz CT molecular complexity index is 2000. The molecule has 3 atom stereocenters. The molecular formula is C48H53N. The molecule has 5 aromatic rings. The summed E-state index contributed by atoms with van der Waals surface area (Å²) in [7, 11) is 0. The predicted molar refractivity (Wildman–Crippen MR) is 210 cm³/mol. The molecule has 0 aliphatic heterocycles. The third-order valence-electron chi connectivity index (χ3n) is 12.2. The molecule has 3 aliphatic carbocycles. The fourth-order valence-electron chi connectivity index (χ4n) is 9.59. The molecule has 2 bridgehead atoms. The van der Waals surface area contributed by atoms with Crippen LogP contribution >= 0.6 is 0 Å². The van der Waals surface area contributed by atoms with E-state index in [1.807, 2.05) is 0 Å². The first-order valence-corrected chi connectivity index (χ1v) is 18.7. The minimum Gasteiger partial charge on any atom is -0.310 e. The van der Waals surface area contributed by atoms with E-state index in [-0.39, 0.29) is 16.2 Å². The van der Waals surface area contributed by atoms with Crippen LogP contribution in [0.3, 0.4) is 0 Å². The fourth-order valence-corrected chi connectivity index (χ4v) is 9.59. The van der Waals surface area contributed by atoms with Crippen LogP contribution in [0.25, 0.3) is 22.3 Å². The molecule has 0 amide bonds. The van der Waals surface area contributed by atoms with E-state index in [2.05, 4.69) is 169 Å². The normalized spacial score (nSPS) is 20.7. The van der Waals surface area contributed by atoms with Crippen molar-refractivity contribution >= 4 is 17.1 Å². The molecule has 0 aromatic heterocycles. The summed E-state index contributed by atoms with van der Waals surface area (Å²) in [6.45, 7) is 19.1. The molecule has 0 spiro atoms. The summed E-state index contributed by atoms with van der Waals surface area (Å²) < 4.78 is 0. The lowest BCUT2D eigenvalue weighted by Crippen LogP contribution is -2.24. The number of anilines is 3.